The lowest BCUT2D eigenvalue weighted by Gasteiger charge is -2.14. The van der Waals surface area contributed by atoms with Crippen LogP contribution in [0.4, 0.5) is 4.79 Å². The van der Waals surface area contributed by atoms with Gasteiger partial charge in [-0.3, -0.25) is 24.6 Å². The Morgan fingerprint density at radius 3 is 2.34 bits per heavy atom. The number of hydrogen-bond donors (Lipinski definition) is 2. The lowest BCUT2D eigenvalue weighted by atomic mass is 10.1. The van der Waals surface area contributed by atoms with E-state index >= 15 is 0 Å². The fourth-order valence-electron chi connectivity index (χ4n) is 2.71. The molecule has 2 N–H and O–H groups in total. The number of urea groups is 1. The summed E-state index contributed by atoms with van der Waals surface area (Å²) < 4.78 is 5.06. The summed E-state index contributed by atoms with van der Waals surface area (Å²) in [6.45, 7) is 7.65. The van der Waals surface area contributed by atoms with Crippen LogP contribution >= 0.6 is 0 Å². The van der Waals surface area contributed by atoms with Crippen molar-refractivity contribution in [1.29, 1.82) is 0 Å². The predicted octanol–water partition coefficient (Wildman–Crippen LogP) is 1.72. The number of fused-ring (bicyclic) bond motifs is 1. The monoisotopic (exact) mass is 403 g/mol. The molecule has 1 aliphatic heterocycles. The van der Waals surface area contributed by atoms with E-state index in [9.17, 15) is 24.0 Å². The molecule has 29 heavy (non-hydrogen) atoms. The zero-order valence-electron chi connectivity index (χ0n) is 16.9. The first kappa shape index (κ1) is 22.1. The molecule has 1 aromatic rings. The minimum absolute atomic E-state index is 0.0354. The molecule has 0 saturated heterocycles. The molecule has 0 fully saturated rings. The molecule has 0 spiro atoms. The topological polar surface area (TPSA) is 122 Å². The van der Waals surface area contributed by atoms with Gasteiger partial charge in [0.25, 0.3) is 17.7 Å². The molecular formula is C20H25N3O6. The maximum Gasteiger partial charge on any atom is 0.338 e. The highest BCUT2D eigenvalue weighted by Gasteiger charge is 2.36. The average Bonchev–Trinajstić information content (AvgIpc) is 2.89. The van der Waals surface area contributed by atoms with E-state index in [1.807, 2.05) is 19.2 Å². The van der Waals surface area contributed by atoms with E-state index in [4.69, 9.17) is 4.74 Å². The van der Waals surface area contributed by atoms with Gasteiger partial charge in [-0.15, -0.1) is 0 Å². The van der Waals surface area contributed by atoms with E-state index in [1.165, 1.54) is 30.0 Å². The first-order chi connectivity index (χ1) is 13.6. The number of amides is 5. The van der Waals surface area contributed by atoms with Crippen molar-refractivity contribution in [3.8, 4) is 0 Å². The van der Waals surface area contributed by atoms with Crippen molar-refractivity contribution in [1.82, 2.24) is 15.5 Å². The molecule has 0 aromatic heterocycles. The minimum Gasteiger partial charge on any atom is -0.449 e. The highest BCUT2D eigenvalue weighted by Crippen LogP contribution is 2.25. The molecule has 9 nitrogen and oxygen atoms in total. The highest BCUT2D eigenvalue weighted by atomic mass is 16.5. The summed E-state index contributed by atoms with van der Waals surface area (Å²) >= 11 is 0. The number of esters is 1. The third-order valence-electron chi connectivity index (χ3n) is 4.36. The van der Waals surface area contributed by atoms with Gasteiger partial charge in [0.15, 0.2) is 6.10 Å². The number of hydrogen-bond acceptors (Lipinski definition) is 6. The Labute approximate surface area is 168 Å². The van der Waals surface area contributed by atoms with Gasteiger partial charge in [-0.25, -0.2) is 9.59 Å². The molecule has 156 valence electrons. The first-order valence-electron chi connectivity index (χ1n) is 9.45. The normalized spacial score (nSPS) is 13.9. The molecule has 0 saturated carbocycles. The Balaban J connectivity index is 2.08. The van der Waals surface area contributed by atoms with Crippen LogP contribution in [-0.4, -0.2) is 53.8 Å². The van der Waals surface area contributed by atoms with Gasteiger partial charge < -0.3 is 10.1 Å². The maximum atomic E-state index is 12.6. The van der Waals surface area contributed by atoms with Gasteiger partial charge in [-0.05, 0) is 44.4 Å². The largest absolute Gasteiger partial charge is 0.449 e. The number of nitrogens with zero attached hydrogens (tertiary/aromatic N) is 1. The van der Waals surface area contributed by atoms with Crippen molar-refractivity contribution in [2.45, 2.75) is 40.2 Å². The van der Waals surface area contributed by atoms with Crippen molar-refractivity contribution < 1.29 is 28.7 Å². The van der Waals surface area contributed by atoms with E-state index < -0.39 is 29.9 Å². The molecule has 0 radical (unpaired) electrons. The van der Waals surface area contributed by atoms with Gasteiger partial charge in [0.2, 0.25) is 0 Å². The standard InChI is InChI=1S/C20H25N3O6/c1-5-21-20(28)22-16(24)12(4)29-19(27)13-6-7-14-15(10-13)18(26)23(17(14)25)9-8-11(2)3/h6-7,10-12H,5,8-9H2,1-4H3,(H2,21,22,24,28)/t12-/m1/s1. The molecular weight excluding hydrogens is 378 g/mol. The van der Waals surface area contributed by atoms with Gasteiger partial charge in [0.05, 0.1) is 16.7 Å². The number of carbonyl (C=O) groups is 5. The Morgan fingerprint density at radius 2 is 1.72 bits per heavy atom. The van der Waals surface area contributed by atoms with E-state index in [2.05, 4.69) is 5.32 Å². The molecule has 5 amide bonds. The van der Waals surface area contributed by atoms with Crippen LogP contribution in [-0.2, 0) is 9.53 Å². The molecule has 9 heteroatoms. The minimum atomic E-state index is -1.22. The van der Waals surface area contributed by atoms with E-state index in [1.54, 1.807) is 6.92 Å². The summed E-state index contributed by atoms with van der Waals surface area (Å²) in [5, 5.41) is 4.44. The SMILES string of the molecule is CCNC(=O)NC(=O)[C@@H](C)OC(=O)c1ccc2c(c1)C(=O)N(CCC(C)C)C2=O. The Morgan fingerprint density at radius 1 is 1.07 bits per heavy atom. The van der Waals surface area contributed by atoms with Crippen LogP contribution in [0.5, 0.6) is 0 Å². The molecule has 0 aliphatic carbocycles. The van der Waals surface area contributed by atoms with Crippen molar-refractivity contribution in [2.75, 3.05) is 13.1 Å². The molecule has 2 rings (SSSR count). The summed E-state index contributed by atoms with van der Waals surface area (Å²) in [6.07, 6.45) is -0.545. The average molecular weight is 403 g/mol. The quantitative estimate of drug-likeness (QED) is 0.528. The molecule has 0 bridgehead atoms. The van der Waals surface area contributed by atoms with E-state index in [-0.39, 0.29) is 22.6 Å². The number of carbonyl (C=O) groups excluding carboxylic acids is 5. The summed E-state index contributed by atoms with van der Waals surface area (Å²) in [6, 6.07) is 3.37. The number of rotatable bonds is 7. The summed E-state index contributed by atoms with van der Waals surface area (Å²) in [5.74, 6) is -2.14. The Bertz CT molecular complexity index is 849. The van der Waals surface area contributed by atoms with Crippen molar-refractivity contribution in [3.05, 3.63) is 34.9 Å². The second kappa shape index (κ2) is 9.31. The van der Waals surface area contributed by atoms with Crippen LogP contribution in [0.2, 0.25) is 0 Å². The molecule has 1 aromatic carbocycles. The third kappa shape index (κ3) is 5.18. The van der Waals surface area contributed by atoms with Gasteiger partial charge in [-0.2, -0.15) is 0 Å². The number of ether oxygens (including phenoxy) is 1. The number of nitrogens with one attached hydrogen (secondary N) is 2. The second-order valence-electron chi connectivity index (χ2n) is 7.10. The van der Waals surface area contributed by atoms with Crippen LogP contribution in [0.3, 0.4) is 0 Å². The predicted molar refractivity (Wildman–Crippen MR) is 103 cm³/mol. The van der Waals surface area contributed by atoms with Gasteiger partial charge in [0, 0.05) is 13.1 Å². The highest BCUT2D eigenvalue weighted by molar-refractivity contribution is 6.22. The molecule has 1 aliphatic rings. The fraction of sp³-hybridized carbons (Fsp3) is 0.450. The summed E-state index contributed by atoms with van der Waals surface area (Å²) in [7, 11) is 0. The fourth-order valence-corrected chi connectivity index (χ4v) is 2.71. The van der Waals surface area contributed by atoms with Crippen LogP contribution in [0.15, 0.2) is 18.2 Å². The third-order valence-corrected chi connectivity index (χ3v) is 4.36. The van der Waals surface area contributed by atoms with Gasteiger partial charge in [-0.1, -0.05) is 13.8 Å². The second-order valence-corrected chi connectivity index (χ2v) is 7.10. The molecule has 1 atom stereocenters. The van der Waals surface area contributed by atoms with Crippen molar-refractivity contribution >= 4 is 29.7 Å². The summed E-state index contributed by atoms with van der Waals surface area (Å²) in [5.41, 5.74) is 0.401. The van der Waals surface area contributed by atoms with Crippen molar-refractivity contribution in [3.63, 3.8) is 0 Å². The Hall–Kier alpha value is -3.23. The first-order valence-corrected chi connectivity index (χ1v) is 9.45. The Kier molecular flexibility index (Phi) is 7.08. The van der Waals surface area contributed by atoms with Crippen LogP contribution in [0.25, 0.3) is 0 Å². The molecule has 0 unspecified atom stereocenters. The van der Waals surface area contributed by atoms with Crippen LogP contribution in [0, 0.1) is 5.92 Å². The van der Waals surface area contributed by atoms with E-state index in [0.29, 0.717) is 25.4 Å². The van der Waals surface area contributed by atoms with Crippen LogP contribution in [0.1, 0.15) is 65.2 Å². The number of imide groups is 2. The molecule has 1 heterocycles. The van der Waals surface area contributed by atoms with Gasteiger partial charge in [0.1, 0.15) is 0 Å². The summed E-state index contributed by atoms with van der Waals surface area (Å²) in [4.78, 5) is 61.8. The smallest absolute Gasteiger partial charge is 0.338 e. The lowest BCUT2D eigenvalue weighted by molar-refractivity contribution is -0.127. The number of benzene rings is 1. The van der Waals surface area contributed by atoms with Crippen molar-refractivity contribution in [2.24, 2.45) is 5.92 Å². The lowest BCUT2D eigenvalue weighted by Crippen LogP contribution is -2.44. The maximum absolute atomic E-state index is 12.6. The zero-order chi connectivity index (χ0) is 21.7. The van der Waals surface area contributed by atoms with Gasteiger partial charge >= 0.3 is 12.0 Å². The van der Waals surface area contributed by atoms with Crippen LogP contribution < -0.4 is 10.6 Å². The zero-order valence-corrected chi connectivity index (χ0v) is 16.9. The van der Waals surface area contributed by atoms with E-state index in [0.717, 1.165) is 0 Å².